The van der Waals surface area contributed by atoms with Crippen molar-refractivity contribution >= 4 is 11.8 Å². The van der Waals surface area contributed by atoms with Crippen molar-refractivity contribution in [3.8, 4) is 0 Å². The molecule has 0 spiro atoms. The first kappa shape index (κ1) is 13.2. The zero-order chi connectivity index (χ0) is 14.3. The smallest absolute Gasteiger partial charge is 0.226 e. The molecule has 0 aromatic carbocycles. The quantitative estimate of drug-likeness (QED) is 0.911. The Kier molecular flexibility index (Phi) is 3.28. The Morgan fingerprint density at radius 3 is 2.80 bits per heavy atom. The van der Waals surface area contributed by atoms with Crippen LogP contribution in [0.3, 0.4) is 0 Å². The van der Waals surface area contributed by atoms with Gasteiger partial charge in [0.25, 0.3) is 0 Å². The van der Waals surface area contributed by atoms with Gasteiger partial charge in [0, 0.05) is 19.0 Å². The van der Waals surface area contributed by atoms with Crippen LogP contribution < -0.4 is 5.32 Å². The van der Waals surface area contributed by atoms with E-state index in [2.05, 4.69) is 5.32 Å². The second kappa shape index (κ2) is 4.96. The van der Waals surface area contributed by atoms with E-state index in [9.17, 15) is 9.59 Å². The standard InChI is InChI=1S/C15H20N2O3/c1-9-3-6-13(20-9)10(2)16-15(19)11-7-14(18)17(8-11)12-4-5-12/h3,6,10-12H,4-5,7-8H2,1-2H3,(H,16,19)/t10-,11+/m0/s1. The van der Waals surface area contributed by atoms with Gasteiger partial charge in [-0.3, -0.25) is 9.59 Å². The van der Waals surface area contributed by atoms with Crippen LogP contribution in [0.4, 0.5) is 0 Å². The van der Waals surface area contributed by atoms with E-state index in [0.29, 0.717) is 19.0 Å². The topological polar surface area (TPSA) is 62.6 Å². The number of hydrogen-bond donors (Lipinski definition) is 1. The average Bonchev–Trinajstić information content (AvgIpc) is 3.03. The van der Waals surface area contributed by atoms with Crippen LogP contribution in [-0.4, -0.2) is 29.3 Å². The molecule has 2 amide bonds. The van der Waals surface area contributed by atoms with E-state index in [1.54, 1.807) is 0 Å². The van der Waals surface area contributed by atoms with Gasteiger partial charge in [0.2, 0.25) is 11.8 Å². The molecule has 1 aliphatic carbocycles. The van der Waals surface area contributed by atoms with Crippen molar-refractivity contribution in [1.29, 1.82) is 0 Å². The van der Waals surface area contributed by atoms with Gasteiger partial charge in [-0.2, -0.15) is 0 Å². The Morgan fingerprint density at radius 2 is 2.20 bits per heavy atom. The van der Waals surface area contributed by atoms with Crippen LogP contribution >= 0.6 is 0 Å². The van der Waals surface area contributed by atoms with Crippen LogP contribution in [0.15, 0.2) is 16.5 Å². The number of carbonyl (C=O) groups excluding carboxylic acids is 2. The summed E-state index contributed by atoms with van der Waals surface area (Å²) < 4.78 is 5.51. The summed E-state index contributed by atoms with van der Waals surface area (Å²) in [6.45, 7) is 4.34. The number of carbonyl (C=O) groups is 2. The lowest BCUT2D eigenvalue weighted by molar-refractivity contribution is -0.129. The predicted octanol–water partition coefficient (Wildman–Crippen LogP) is 1.78. The number of nitrogens with one attached hydrogen (secondary N) is 1. The first-order valence-corrected chi connectivity index (χ1v) is 7.21. The van der Waals surface area contributed by atoms with E-state index in [1.165, 1.54) is 0 Å². The first-order chi connectivity index (χ1) is 9.54. The fraction of sp³-hybridized carbons (Fsp3) is 0.600. The maximum atomic E-state index is 12.2. The molecule has 1 saturated carbocycles. The van der Waals surface area contributed by atoms with Crippen molar-refractivity contribution in [2.75, 3.05) is 6.54 Å². The van der Waals surface area contributed by atoms with Gasteiger partial charge in [0.05, 0.1) is 12.0 Å². The monoisotopic (exact) mass is 276 g/mol. The second-order valence-electron chi connectivity index (χ2n) is 5.86. The molecule has 0 radical (unpaired) electrons. The minimum absolute atomic E-state index is 0.0527. The van der Waals surface area contributed by atoms with Gasteiger partial charge < -0.3 is 14.6 Å². The van der Waals surface area contributed by atoms with Gasteiger partial charge in [-0.05, 0) is 38.8 Å². The molecule has 20 heavy (non-hydrogen) atoms. The highest BCUT2D eigenvalue weighted by Crippen LogP contribution is 2.32. The van der Waals surface area contributed by atoms with Gasteiger partial charge in [-0.1, -0.05) is 0 Å². The summed E-state index contributed by atoms with van der Waals surface area (Å²) in [7, 11) is 0. The number of amides is 2. The van der Waals surface area contributed by atoms with E-state index in [4.69, 9.17) is 4.42 Å². The summed E-state index contributed by atoms with van der Waals surface area (Å²) >= 11 is 0. The molecule has 2 heterocycles. The third-order valence-corrected chi connectivity index (χ3v) is 4.06. The number of hydrogen-bond acceptors (Lipinski definition) is 3. The van der Waals surface area contributed by atoms with E-state index < -0.39 is 0 Å². The number of nitrogens with zero attached hydrogens (tertiary/aromatic N) is 1. The molecule has 108 valence electrons. The third-order valence-electron chi connectivity index (χ3n) is 4.06. The third kappa shape index (κ3) is 2.57. The largest absolute Gasteiger partial charge is 0.464 e. The van der Waals surface area contributed by atoms with Crippen molar-refractivity contribution in [2.24, 2.45) is 5.92 Å². The molecule has 2 atom stereocenters. The SMILES string of the molecule is Cc1ccc([C@H](C)NC(=O)[C@@H]2CC(=O)N(C3CC3)C2)o1. The summed E-state index contributed by atoms with van der Waals surface area (Å²) in [5.41, 5.74) is 0. The van der Waals surface area contributed by atoms with Crippen LogP contribution in [0.25, 0.3) is 0 Å². The Morgan fingerprint density at radius 1 is 1.45 bits per heavy atom. The lowest BCUT2D eigenvalue weighted by atomic mass is 10.1. The zero-order valence-corrected chi connectivity index (χ0v) is 11.9. The van der Waals surface area contributed by atoms with Crippen LogP contribution in [0, 0.1) is 12.8 Å². The Hall–Kier alpha value is -1.78. The van der Waals surface area contributed by atoms with Crippen molar-refractivity contribution in [3.63, 3.8) is 0 Å². The molecule has 2 aliphatic rings. The van der Waals surface area contributed by atoms with Crippen LogP contribution in [-0.2, 0) is 9.59 Å². The van der Waals surface area contributed by atoms with E-state index >= 15 is 0 Å². The Bertz CT molecular complexity index is 533. The molecular weight excluding hydrogens is 256 g/mol. The van der Waals surface area contributed by atoms with Crippen molar-refractivity contribution < 1.29 is 14.0 Å². The number of rotatable bonds is 4. The van der Waals surface area contributed by atoms with Crippen LogP contribution in [0.1, 0.15) is 43.7 Å². The fourth-order valence-electron chi connectivity index (χ4n) is 2.73. The predicted molar refractivity (Wildman–Crippen MR) is 72.8 cm³/mol. The van der Waals surface area contributed by atoms with E-state index in [-0.39, 0.29) is 23.8 Å². The average molecular weight is 276 g/mol. The Labute approximate surface area is 118 Å². The van der Waals surface area contributed by atoms with Crippen molar-refractivity contribution in [3.05, 3.63) is 23.7 Å². The highest BCUT2D eigenvalue weighted by atomic mass is 16.3. The molecule has 1 saturated heterocycles. The summed E-state index contributed by atoms with van der Waals surface area (Å²) in [6.07, 6.45) is 2.51. The van der Waals surface area contributed by atoms with Gasteiger partial charge in [0.15, 0.2) is 0 Å². The second-order valence-corrected chi connectivity index (χ2v) is 5.86. The lowest BCUT2D eigenvalue weighted by Gasteiger charge is -2.17. The molecule has 1 N–H and O–H groups in total. The summed E-state index contributed by atoms with van der Waals surface area (Å²) in [5, 5.41) is 2.94. The van der Waals surface area contributed by atoms with E-state index in [1.807, 2.05) is 30.9 Å². The van der Waals surface area contributed by atoms with Crippen molar-refractivity contribution in [1.82, 2.24) is 10.2 Å². The normalized spacial score (nSPS) is 24.0. The molecule has 0 bridgehead atoms. The molecular formula is C15H20N2O3. The molecule has 5 heteroatoms. The number of likely N-dealkylation sites (tertiary alicyclic amines) is 1. The highest BCUT2D eigenvalue weighted by Gasteiger charge is 2.41. The van der Waals surface area contributed by atoms with Crippen molar-refractivity contribution in [2.45, 2.75) is 45.2 Å². The van der Waals surface area contributed by atoms with Gasteiger partial charge in [-0.25, -0.2) is 0 Å². The summed E-state index contributed by atoms with van der Waals surface area (Å²) in [5.74, 6) is 1.43. The summed E-state index contributed by atoms with van der Waals surface area (Å²) in [6, 6.07) is 3.98. The highest BCUT2D eigenvalue weighted by molar-refractivity contribution is 5.89. The zero-order valence-electron chi connectivity index (χ0n) is 11.9. The molecule has 2 fully saturated rings. The minimum atomic E-state index is -0.221. The maximum Gasteiger partial charge on any atom is 0.226 e. The maximum absolute atomic E-state index is 12.2. The lowest BCUT2D eigenvalue weighted by Crippen LogP contribution is -2.34. The first-order valence-electron chi connectivity index (χ1n) is 7.21. The molecule has 1 aliphatic heterocycles. The summed E-state index contributed by atoms with van der Waals surface area (Å²) in [4.78, 5) is 26.0. The van der Waals surface area contributed by atoms with Gasteiger partial charge in [0.1, 0.15) is 11.5 Å². The molecule has 0 unspecified atom stereocenters. The minimum Gasteiger partial charge on any atom is -0.464 e. The van der Waals surface area contributed by atoms with Crippen LogP contribution in [0.2, 0.25) is 0 Å². The van der Waals surface area contributed by atoms with E-state index in [0.717, 1.165) is 24.4 Å². The molecule has 1 aromatic rings. The number of aryl methyl sites for hydroxylation is 1. The molecule has 3 rings (SSSR count). The van der Waals surface area contributed by atoms with Crippen LogP contribution in [0.5, 0.6) is 0 Å². The van der Waals surface area contributed by atoms with Gasteiger partial charge in [-0.15, -0.1) is 0 Å². The van der Waals surface area contributed by atoms with Gasteiger partial charge >= 0.3 is 0 Å². The molecule has 1 aromatic heterocycles. The Balaban J connectivity index is 1.58. The number of furan rings is 1. The molecule has 5 nitrogen and oxygen atoms in total. The fourth-order valence-corrected chi connectivity index (χ4v) is 2.73.